The Labute approximate surface area is 175 Å². The summed E-state index contributed by atoms with van der Waals surface area (Å²) < 4.78 is 12.2. The van der Waals surface area contributed by atoms with Crippen LogP contribution in [0.2, 0.25) is 5.02 Å². The van der Waals surface area contributed by atoms with E-state index in [0.29, 0.717) is 22.3 Å². The fourth-order valence-corrected chi connectivity index (χ4v) is 4.01. The minimum Gasteiger partial charge on any atom is -0.456 e. The summed E-state index contributed by atoms with van der Waals surface area (Å²) in [5.41, 5.74) is 2.50. The Bertz CT molecular complexity index is 1100. The fraction of sp³-hybridized carbons (Fsp3) is 0.240. The van der Waals surface area contributed by atoms with Crippen LogP contribution < -0.4 is 9.47 Å². The predicted octanol–water partition coefficient (Wildman–Crippen LogP) is 6.89. The van der Waals surface area contributed by atoms with Crippen molar-refractivity contribution in [1.29, 1.82) is 0 Å². The summed E-state index contributed by atoms with van der Waals surface area (Å²) in [6.07, 6.45) is 2.74. The zero-order valence-corrected chi connectivity index (χ0v) is 17.4. The van der Waals surface area contributed by atoms with Gasteiger partial charge in [-0.2, -0.15) is 0 Å². The van der Waals surface area contributed by atoms with Crippen LogP contribution in [0.25, 0.3) is 10.8 Å². The number of carbonyl (C=O) groups excluding carboxylic acids is 1. The second kappa shape index (κ2) is 7.92. The molecule has 0 fully saturated rings. The molecule has 1 aliphatic carbocycles. The Kier molecular flexibility index (Phi) is 5.33. The molecular formula is C25H23ClO3. The van der Waals surface area contributed by atoms with E-state index in [1.165, 1.54) is 0 Å². The van der Waals surface area contributed by atoms with E-state index in [9.17, 15) is 4.79 Å². The van der Waals surface area contributed by atoms with Crippen LogP contribution in [0.5, 0.6) is 17.2 Å². The Morgan fingerprint density at radius 3 is 2.55 bits per heavy atom. The lowest BCUT2D eigenvalue weighted by atomic mass is 9.82. The summed E-state index contributed by atoms with van der Waals surface area (Å²) in [4.78, 5) is 12.4. The van der Waals surface area contributed by atoms with Gasteiger partial charge in [0.1, 0.15) is 17.2 Å². The highest BCUT2D eigenvalue weighted by Crippen LogP contribution is 2.47. The molecule has 1 unspecified atom stereocenters. The molecule has 0 aliphatic heterocycles. The molecule has 3 nitrogen and oxygen atoms in total. The minimum atomic E-state index is -0.418. The quantitative estimate of drug-likeness (QED) is 0.269. The highest BCUT2D eigenvalue weighted by atomic mass is 35.5. The van der Waals surface area contributed by atoms with E-state index in [0.717, 1.165) is 52.7 Å². The van der Waals surface area contributed by atoms with Crippen LogP contribution in [0.1, 0.15) is 31.4 Å². The van der Waals surface area contributed by atoms with E-state index in [4.69, 9.17) is 21.1 Å². The van der Waals surface area contributed by atoms with Crippen molar-refractivity contribution in [3.8, 4) is 17.2 Å². The van der Waals surface area contributed by atoms with E-state index in [1.807, 2.05) is 48.5 Å². The van der Waals surface area contributed by atoms with Gasteiger partial charge in [-0.3, -0.25) is 0 Å². The third-order valence-corrected chi connectivity index (χ3v) is 5.56. The average Bonchev–Trinajstić information content (AvgIpc) is 2.71. The molecule has 0 bridgehead atoms. The van der Waals surface area contributed by atoms with Gasteiger partial charge in [-0.05, 0) is 62.4 Å². The number of hydrogen-bond acceptors (Lipinski definition) is 3. The van der Waals surface area contributed by atoms with Crippen LogP contribution in [-0.2, 0) is 17.6 Å². The normalized spacial score (nSPS) is 15.6. The van der Waals surface area contributed by atoms with E-state index in [1.54, 1.807) is 6.92 Å². The first-order valence-electron chi connectivity index (χ1n) is 9.81. The molecule has 148 valence electrons. The fourth-order valence-electron chi connectivity index (χ4n) is 3.84. The topological polar surface area (TPSA) is 35.5 Å². The van der Waals surface area contributed by atoms with Crippen LogP contribution in [0.3, 0.4) is 0 Å². The maximum absolute atomic E-state index is 12.4. The smallest absolute Gasteiger partial charge is 0.338 e. The van der Waals surface area contributed by atoms with Crippen LogP contribution in [-0.4, -0.2) is 5.97 Å². The largest absolute Gasteiger partial charge is 0.456 e. The number of hydrogen-bond donors (Lipinski definition) is 0. The van der Waals surface area contributed by atoms with Crippen LogP contribution in [0.4, 0.5) is 0 Å². The van der Waals surface area contributed by atoms with Crippen LogP contribution >= 0.6 is 11.6 Å². The second-order valence-electron chi connectivity index (χ2n) is 7.74. The van der Waals surface area contributed by atoms with Gasteiger partial charge >= 0.3 is 5.97 Å². The third-order valence-electron chi connectivity index (χ3n) is 5.33. The summed E-state index contributed by atoms with van der Waals surface area (Å²) in [5.74, 6) is 2.25. The van der Waals surface area contributed by atoms with Crippen LogP contribution in [0, 0.1) is 5.92 Å². The van der Waals surface area contributed by atoms with E-state index in [-0.39, 0.29) is 0 Å². The molecule has 0 radical (unpaired) electrons. The predicted molar refractivity (Wildman–Crippen MR) is 117 cm³/mol. The first-order chi connectivity index (χ1) is 13.9. The van der Waals surface area contributed by atoms with Gasteiger partial charge in [0.15, 0.2) is 0 Å². The van der Waals surface area contributed by atoms with E-state index >= 15 is 0 Å². The van der Waals surface area contributed by atoms with Gasteiger partial charge in [-0.1, -0.05) is 43.3 Å². The Morgan fingerprint density at radius 1 is 1.07 bits per heavy atom. The van der Waals surface area contributed by atoms with Gasteiger partial charge < -0.3 is 9.47 Å². The van der Waals surface area contributed by atoms with E-state index < -0.39 is 5.97 Å². The number of benzene rings is 3. The summed E-state index contributed by atoms with van der Waals surface area (Å²) in [6.45, 7) is 7.60. The Hall–Kier alpha value is -2.78. The standard InChI is InChI=1S/C25H23ClO3/c1-15(2)25(27)29-24-20-12-10-17(26)14-22(20)23(28-18-7-5-4-6-8-18)19-11-9-16(3)13-21(19)24/h4-8,10,12,14,16H,1,9,11,13H2,2-3H3. The zero-order chi connectivity index (χ0) is 20.5. The third kappa shape index (κ3) is 3.88. The number of fused-ring (bicyclic) bond motifs is 2. The number of ether oxygens (including phenoxy) is 2. The van der Waals surface area contributed by atoms with Crippen molar-refractivity contribution >= 4 is 28.3 Å². The molecule has 0 aromatic heterocycles. The number of rotatable bonds is 4. The van der Waals surface area contributed by atoms with Crippen molar-refractivity contribution in [2.45, 2.75) is 33.1 Å². The lowest BCUT2D eigenvalue weighted by molar-refractivity contribution is -0.130. The Morgan fingerprint density at radius 2 is 1.83 bits per heavy atom. The molecule has 3 aromatic rings. The molecule has 0 saturated carbocycles. The van der Waals surface area contributed by atoms with Crippen molar-refractivity contribution in [3.63, 3.8) is 0 Å². The molecular weight excluding hydrogens is 384 g/mol. The summed E-state index contributed by atoms with van der Waals surface area (Å²) in [5, 5.41) is 2.28. The molecule has 3 aromatic carbocycles. The van der Waals surface area contributed by atoms with Gasteiger partial charge in [0.2, 0.25) is 0 Å². The molecule has 0 heterocycles. The zero-order valence-electron chi connectivity index (χ0n) is 16.6. The SMILES string of the molecule is C=C(C)C(=O)Oc1c2c(c(Oc3ccccc3)c3cc(Cl)ccc13)CCC(C)C2. The van der Waals surface area contributed by atoms with Crippen molar-refractivity contribution in [2.75, 3.05) is 0 Å². The minimum absolute atomic E-state index is 0.370. The highest BCUT2D eigenvalue weighted by Gasteiger charge is 2.28. The van der Waals surface area contributed by atoms with Crippen molar-refractivity contribution < 1.29 is 14.3 Å². The molecule has 29 heavy (non-hydrogen) atoms. The van der Waals surface area contributed by atoms with Crippen molar-refractivity contribution in [1.82, 2.24) is 0 Å². The maximum Gasteiger partial charge on any atom is 0.338 e. The van der Waals surface area contributed by atoms with Crippen molar-refractivity contribution in [2.24, 2.45) is 5.92 Å². The second-order valence-corrected chi connectivity index (χ2v) is 8.17. The molecule has 0 amide bonds. The summed E-state index contributed by atoms with van der Waals surface area (Å²) in [7, 11) is 0. The number of para-hydroxylation sites is 1. The number of esters is 1. The average molecular weight is 407 g/mol. The Balaban J connectivity index is 1.98. The molecule has 0 N–H and O–H groups in total. The monoisotopic (exact) mass is 406 g/mol. The molecule has 4 heteroatoms. The first-order valence-corrected chi connectivity index (χ1v) is 10.2. The van der Waals surface area contributed by atoms with Gasteiger partial charge in [-0.15, -0.1) is 0 Å². The van der Waals surface area contributed by atoms with Gasteiger partial charge in [-0.25, -0.2) is 4.79 Å². The van der Waals surface area contributed by atoms with Gasteiger partial charge in [0.05, 0.1) is 0 Å². The molecule has 0 spiro atoms. The number of halogens is 1. The maximum atomic E-state index is 12.4. The number of carbonyl (C=O) groups is 1. The lowest BCUT2D eigenvalue weighted by Crippen LogP contribution is -2.17. The first kappa shape index (κ1) is 19.5. The molecule has 1 atom stereocenters. The lowest BCUT2D eigenvalue weighted by Gasteiger charge is -2.28. The highest BCUT2D eigenvalue weighted by molar-refractivity contribution is 6.31. The molecule has 4 rings (SSSR count). The van der Waals surface area contributed by atoms with Crippen LogP contribution in [0.15, 0.2) is 60.7 Å². The molecule has 0 saturated heterocycles. The van der Waals surface area contributed by atoms with Gasteiger partial charge in [0.25, 0.3) is 0 Å². The molecule has 1 aliphatic rings. The van der Waals surface area contributed by atoms with Gasteiger partial charge in [0, 0.05) is 32.5 Å². The van der Waals surface area contributed by atoms with Crippen molar-refractivity contribution in [3.05, 3.63) is 76.8 Å². The van der Waals surface area contributed by atoms with E-state index in [2.05, 4.69) is 13.5 Å². The summed E-state index contributed by atoms with van der Waals surface area (Å²) >= 11 is 6.33. The summed E-state index contributed by atoms with van der Waals surface area (Å²) in [6, 6.07) is 15.3.